The summed E-state index contributed by atoms with van der Waals surface area (Å²) in [7, 11) is 0. The molecule has 2 unspecified atom stereocenters. The first-order valence-electron chi connectivity index (χ1n) is 13.9. The summed E-state index contributed by atoms with van der Waals surface area (Å²) >= 11 is 2.48. The van der Waals surface area contributed by atoms with E-state index < -0.39 is 0 Å². The summed E-state index contributed by atoms with van der Waals surface area (Å²) in [6.45, 7) is 10.3. The zero-order valence-electron chi connectivity index (χ0n) is 23.4. The van der Waals surface area contributed by atoms with Gasteiger partial charge in [0, 0.05) is 0 Å². The van der Waals surface area contributed by atoms with Gasteiger partial charge in [-0.25, -0.2) is 0 Å². The summed E-state index contributed by atoms with van der Waals surface area (Å²) in [6, 6.07) is 5.74. The number of allylic oxidation sites excluding steroid dienone is 1. The number of ether oxygens (including phenoxy) is 2. The van der Waals surface area contributed by atoms with Gasteiger partial charge in [0.15, 0.2) is 0 Å². The number of carbonyl (C=O) groups is 2. The maximum absolute atomic E-state index is 13.3. The van der Waals surface area contributed by atoms with Crippen LogP contribution in [0.3, 0.4) is 0 Å². The average molecular weight is 557 g/mol. The van der Waals surface area contributed by atoms with E-state index in [1.807, 2.05) is 32.1 Å². The second-order valence-electron chi connectivity index (χ2n) is 9.55. The van der Waals surface area contributed by atoms with Gasteiger partial charge in [0.25, 0.3) is 0 Å². The fraction of sp³-hybridized carbons (Fsp3) is 0.600. The Kier molecular flexibility index (Phi) is 13.8. The SMILES string of the molecule is CCCCc1cc(OC(=O)C(CC)CCCC)c2c(c1OC(=O)C(CC)CCCC)SC(=C(C#N)C#N)S2. The van der Waals surface area contributed by atoms with E-state index in [1.165, 1.54) is 23.5 Å². The van der Waals surface area contributed by atoms with Crippen molar-refractivity contribution in [3.63, 3.8) is 0 Å². The first-order valence-corrected chi connectivity index (χ1v) is 15.5. The lowest BCUT2D eigenvalue weighted by Gasteiger charge is -2.20. The van der Waals surface area contributed by atoms with Crippen LogP contribution in [0.15, 0.2) is 25.7 Å². The fourth-order valence-corrected chi connectivity index (χ4v) is 6.78. The van der Waals surface area contributed by atoms with E-state index in [4.69, 9.17) is 9.47 Å². The highest BCUT2D eigenvalue weighted by Gasteiger charge is 2.34. The average Bonchev–Trinajstić information content (AvgIpc) is 3.36. The van der Waals surface area contributed by atoms with Gasteiger partial charge in [0.2, 0.25) is 0 Å². The van der Waals surface area contributed by atoms with Crippen LogP contribution in [-0.4, -0.2) is 11.9 Å². The van der Waals surface area contributed by atoms with Crippen LogP contribution in [0, 0.1) is 34.5 Å². The van der Waals surface area contributed by atoms with Crippen molar-refractivity contribution in [1.29, 1.82) is 10.5 Å². The van der Waals surface area contributed by atoms with E-state index in [0.717, 1.165) is 56.9 Å². The molecule has 0 spiro atoms. The summed E-state index contributed by atoms with van der Waals surface area (Å²) < 4.78 is 12.6. The van der Waals surface area contributed by atoms with Crippen molar-refractivity contribution in [2.45, 2.75) is 115 Å². The van der Waals surface area contributed by atoms with Gasteiger partial charge in [0.1, 0.15) is 29.2 Å². The highest BCUT2D eigenvalue weighted by Crippen LogP contribution is 2.60. The lowest BCUT2D eigenvalue weighted by molar-refractivity contribution is -0.140. The monoisotopic (exact) mass is 556 g/mol. The number of fused-ring (bicyclic) bond motifs is 1. The number of esters is 2. The molecule has 0 aromatic heterocycles. The van der Waals surface area contributed by atoms with Crippen LogP contribution in [0.5, 0.6) is 11.5 Å². The third kappa shape index (κ3) is 8.29. The van der Waals surface area contributed by atoms with Crippen LogP contribution in [0.2, 0.25) is 0 Å². The van der Waals surface area contributed by atoms with Crippen LogP contribution in [0.25, 0.3) is 0 Å². The van der Waals surface area contributed by atoms with Crippen molar-refractivity contribution in [1.82, 2.24) is 0 Å². The van der Waals surface area contributed by atoms with E-state index in [2.05, 4.69) is 20.8 Å². The quantitative estimate of drug-likeness (QED) is 0.120. The standard InChI is InChI=1S/C30H40N2O4S2/c1-6-11-14-20(9-4)28(33)35-24-17-22(16-13-8-3)25(36-29(34)21(10-5)15-12-7-2)27-26(24)37-30(38-27)23(18-31)19-32/h17,20-21H,6-16H2,1-5H3. The number of rotatable bonds is 15. The fourth-order valence-electron chi connectivity index (χ4n) is 4.26. The molecule has 0 saturated heterocycles. The highest BCUT2D eigenvalue weighted by molar-refractivity contribution is 8.24. The Morgan fingerprint density at radius 2 is 1.34 bits per heavy atom. The van der Waals surface area contributed by atoms with Crippen molar-refractivity contribution in [2.75, 3.05) is 0 Å². The molecule has 0 aliphatic carbocycles. The highest BCUT2D eigenvalue weighted by atomic mass is 32.2. The molecule has 0 radical (unpaired) electrons. The predicted octanol–water partition coefficient (Wildman–Crippen LogP) is 8.73. The Labute approximate surface area is 236 Å². The Morgan fingerprint density at radius 1 is 0.816 bits per heavy atom. The van der Waals surface area contributed by atoms with Gasteiger partial charge >= 0.3 is 11.9 Å². The number of thioether (sulfide) groups is 2. The van der Waals surface area contributed by atoms with E-state index >= 15 is 0 Å². The third-order valence-corrected chi connectivity index (χ3v) is 9.34. The molecule has 206 valence electrons. The number of aryl methyl sites for hydroxylation is 1. The first-order chi connectivity index (χ1) is 18.4. The minimum atomic E-state index is -0.274. The van der Waals surface area contributed by atoms with Crippen LogP contribution < -0.4 is 9.47 Å². The molecule has 8 heteroatoms. The molecule has 1 aliphatic heterocycles. The molecule has 38 heavy (non-hydrogen) atoms. The number of nitrogens with zero attached hydrogens (tertiary/aromatic N) is 2. The minimum absolute atomic E-state index is 0.00961. The van der Waals surface area contributed by atoms with Crippen molar-refractivity contribution >= 4 is 35.5 Å². The number of unbranched alkanes of at least 4 members (excludes halogenated alkanes) is 3. The number of hydrogen-bond donors (Lipinski definition) is 0. The summed E-state index contributed by atoms with van der Waals surface area (Å²) in [4.78, 5) is 27.7. The Morgan fingerprint density at radius 3 is 1.84 bits per heavy atom. The van der Waals surface area contributed by atoms with Crippen molar-refractivity contribution in [3.05, 3.63) is 21.4 Å². The molecule has 6 nitrogen and oxygen atoms in total. The lowest BCUT2D eigenvalue weighted by Crippen LogP contribution is -2.22. The summed E-state index contributed by atoms with van der Waals surface area (Å²) in [6.07, 6.45) is 9.30. The largest absolute Gasteiger partial charge is 0.425 e. The van der Waals surface area contributed by atoms with Gasteiger partial charge < -0.3 is 9.47 Å². The van der Waals surface area contributed by atoms with Gasteiger partial charge in [-0.2, -0.15) is 10.5 Å². The Hall–Kier alpha value is -2.42. The Bertz CT molecular complexity index is 1080. The van der Waals surface area contributed by atoms with Crippen molar-refractivity contribution in [3.8, 4) is 23.6 Å². The van der Waals surface area contributed by atoms with E-state index in [-0.39, 0.29) is 29.3 Å². The molecule has 1 aliphatic rings. The van der Waals surface area contributed by atoms with Gasteiger partial charge in [0.05, 0.1) is 25.9 Å². The molecular weight excluding hydrogens is 516 g/mol. The number of nitriles is 2. The van der Waals surface area contributed by atoms with Crippen LogP contribution in [0.4, 0.5) is 0 Å². The summed E-state index contributed by atoms with van der Waals surface area (Å²) in [5, 5.41) is 19.0. The maximum atomic E-state index is 13.3. The molecule has 0 saturated carbocycles. The number of benzene rings is 1. The molecule has 2 rings (SSSR count). The van der Waals surface area contributed by atoms with Crippen LogP contribution in [0.1, 0.15) is 104 Å². The van der Waals surface area contributed by atoms with Gasteiger partial charge in [-0.15, -0.1) is 0 Å². The number of carbonyl (C=O) groups excluding carboxylic acids is 2. The zero-order valence-corrected chi connectivity index (χ0v) is 25.0. The van der Waals surface area contributed by atoms with Crippen LogP contribution >= 0.6 is 23.5 Å². The molecule has 0 N–H and O–H groups in total. The second-order valence-corrected chi connectivity index (χ2v) is 11.9. The second kappa shape index (κ2) is 16.5. The predicted molar refractivity (Wildman–Crippen MR) is 153 cm³/mol. The van der Waals surface area contributed by atoms with E-state index in [9.17, 15) is 20.1 Å². The van der Waals surface area contributed by atoms with Gasteiger partial charge in [-0.05, 0) is 50.2 Å². The third-order valence-electron chi connectivity index (χ3n) is 6.73. The van der Waals surface area contributed by atoms with Gasteiger partial charge in [-0.1, -0.05) is 90.2 Å². The minimum Gasteiger partial charge on any atom is -0.425 e. The van der Waals surface area contributed by atoms with Gasteiger partial charge in [-0.3, -0.25) is 9.59 Å². The molecule has 0 bridgehead atoms. The summed E-state index contributed by atoms with van der Waals surface area (Å²) in [5.74, 6) is -0.0628. The molecule has 0 amide bonds. The van der Waals surface area contributed by atoms with Crippen molar-refractivity contribution in [2.24, 2.45) is 11.8 Å². The molecule has 1 aromatic carbocycles. The van der Waals surface area contributed by atoms with E-state index in [0.29, 0.717) is 44.8 Å². The normalized spacial score (nSPS) is 13.7. The molecule has 0 fully saturated rings. The molecular formula is C30H40N2O4S2. The Balaban J connectivity index is 2.60. The molecule has 1 heterocycles. The molecule has 2 atom stereocenters. The van der Waals surface area contributed by atoms with Crippen molar-refractivity contribution < 1.29 is 19.1 Å². The topological polar surface area (TPSA) is 100 Å². The smallest absolute Gasteiger partial charge is 0.314 e. The maximum Gasteiger partial charge on any atom is 0.314 e. The number of hydrogen-bond acceptors (Lipinski definition) is 8. The lowest BCUT2D eigenvalue weighted by atomic mass is 9.99. The molecule has 1 aromatic rings. The van der Waals surface area contributed by atoms with Crippen LogP contribution in [-0.2, 0) is 16.0 Å². The van der Waals surface area contributed by atoms with E-state index in [1.54, 1.807) is 0 Å². The first kappa shape index (κ1) is 31.8. The zero-order chi connectivity index (χ0) is 28.1. The summed E-state index contributed by atoms with van der Waals surface area (Å²) in [5.41, 5.74) is 0.795.